The number of nitrogen functional groups attached to an aromatic ring is 1. The maximum absolute atomic E-state index is 6.00. The Balaban J connectivity index is 2.19. The quantitative estimate of drug-likeness (QED) is 0.768. The van der Waals surface area contributed by atoms with Gasteiger partial charge in [0.1, 0.15) is 17.8 Å². The molecule has 20 heavy (non-hydrogen) atoms. The molecule has 0 fully saturated rings. The SMILES string of the molecule is Cc1c(N)nc(-c2ccncn2)nc1-c1ccccc1. The van der Waals surface area contributed by atoms with Crippen molar-refractivity contribution in [3.63, 3.8) is 0 Å². The van der Waals surface area contributed by atoms with E-state index in [0.29, 0.717) is 17.3 Å². The molecule has 2 N–H and O–H groups in total. The summed E-state index contributed by atoms with van der Waals surface area (Å²) in [6.07, 6.45) is 3.13. The van der Waals surface area contributed by atoms with Gasteiger partial charge in [-0.3, -0.25) is 0 Å². The van der Waals surface area contributed by atoms with Gasteiger partial charge >= 0.3 is 0 Å². The number of anilines is 1. The second kappa shape index (κ2) is 5.05. The van der Waals surface area contributed by atoms with E-state index in [1.165, 1.54) is 6.33 Å². The van der Waals surface area contributed by atoms with Crippen molar-refractivity contribution < 1.29 is 0 Å². The van der Waals surface area contributed by atoms with Crippen LogP contribution in [0.5, 0.6) is 0 Å². The molecular weight excluding hydrogens is 250 g/mol. The van der Waals surface area contributed by atoms with Gasteiger partial charge in [0.2, 0.25) is 0 Å². The van der Waals surface area contributed by atoms with Gasteiger partial charge in [0.05, 0.1) is 5.69 Å². The van der Waals surface area contributed by atoms with Crippen LogP contribution < -0.4 is 5.73 Å². The average Bonchev–Trinajstić information content (AvgIpc) is 2.51. The number of hydrogen-bond donors (Lipinski definition) is 1. The summed E-state index contributed by atoms with van der Waals surface area (Å²) in [6, 6.07) is 11.7. The molecule has 0 aliphatic rings. The number of rotatable bonds is 2. The first kappa shape index (κ1) is 12.2. The van der Waals surface area contributed by atoms with Gasteiger partial charge in [0, 0.05) is 17.3 Å². The molecule has 5 nitrogen and oxygen atoms in total. The summed E-state index contributed by atoms with van der Waals surface area (Å²) in [5, 5.41) is 0. The molecule has 0 saturated heterocycles. The average molecular weight is 263 g/mol. The Morgan fingerprint density at radius 3 is 2.50 bits per heavy atom. The minimum absolute atomic E-state index is 0.465. The highest BCUT2D eigenvalue weighted by atomic mass is 15.0. The third-order valence-electron chi connectivity index (χ3n) is 3.04. The molecule has 98 valence electrons. The highest BCUT2D eigenvalue weighted by Crippen LogP contribution is 2.26. The molecular formula is C15H13N5. The van der Waals surface area contributed by atoms with E-state index in [1.54, 1.807) is 12.3 Å². The van der Waals surface area contributed by atoms with Crippen LogP contribution in [0.3, 0.4) is 0 Å². The predicted octanol–water partition coefficient (Wildman–Crippen LogP) is 2.49. The van der Waals surface area contributed by atoms with Crippen molar-refractivity contribution in [1.29, 1.82) is 0 Å². The standard InChI is InChI=1S/C15H13N5/c1-10-13(11-5-3-2-4-6-11)19-15(20-14(10)16)12-7-8-17-9-18-12/h2-9H,1H3,(H2,16,19,20). The van der Waals surface area contributed by atoms with E-state index < -0.39 is 0 Å². The Morgan fingerprint density at radius 1 is 1.00 bits per heavy atom. The Kier molecular flexibility index (Phi) is 3.09. The fourth-order valence-electron chi connectivity index (χ4n) is 1.95. The van der Waals surface area contributed by atoms with Crippen molar-refractivity contribution in [1.82, 2.24) is 19.9 Å². The summed E-state index contributed by atoms with van der Waals surface area (Å²) in [7, 11) is 0. The number of aromatic nitrogens is 4. The Hall–Kier alpha value is -2.82. The number of nitrogens with two attached hydrogens (primary N) is 1. The summed E-state index contributed by atoms with van der Waals surface area (Å²) < 4.78 is 0. The molecule has 1 aromatic carbocycles. The van der Waals surface area contributed by atoms with E-state index in [-0.39, 0.29) is 0 Å². The van der Waals surface area contributed by atoms with Crippen molar-refractivity contribution in [2.75, 3.05) is 5.73 Å². The van der Waals surface area contributed by atoms with E-state index in [4.69, 9.17) is 5.73 Å². The monoisotopic (exact) mass is 263 g/mol. The van der Waals surface area contributed by atoms with Gasteiger partial charge in [0.15, 0.2) is 5.82 Å². The van der Waals surface area contributed by atoms with Gasteiger partial charge in [-0.25, -0.2) is 19.9 Å². The predicted molar refractivity (Wildman–Crippen MR) is 77.6 cm³/mol. The molecule has 0 radical (unpaired) electrons. The number of hydrogen-bond acceptors (Lipinski definition) is 5. The normalized spacial score (nSPS) is 10.4. The van der Waals surface area contributed by atoms with Crippen molar-refractivity contribution in [2.45, 2.75) is 6.92 Å². The fourth-order valence-corrected chi connectivity index (χ4v) is 1.95. The van der Waals surface area contributed by atoms with Gasteiger partial charge in [-0.05, 0) is 13.0 Å². The van der Waals surface area contributed by atoms with Crippen LogP contribution in [-0.2, 0) is 0 Å². The third kappa shape index (κ3) is 2.21. The lowest BCUT2D eigenvalue weighted by Gasteiger charge is -2.09. The highest BCUT2D eigenvalue weighted by Gasteiger charge is 2.12. The third-order valence-corrected chi connectivity index (χ3v) is 3.04. The van der Waals surface area contributed by atoms with Gasteiger partial charge in [-0.15, -0.1) is 0 Å². The first-order valence-corrected chi connectivity index (χ1v) is 6.21. The van der Waals surface area contributed by atoms with Gasteiger partial charge in [-0.1, -0.05) is 30.3 Å². The van der Waals surface area contributed by atoms with Gasteiger partial charge in [0.25, 0.3) is 0 Å². The summed E-state index contributed by atoms with van der Waals surface area (Å²) in [5.74, 6) is 0.974. The van der Waals surface area contributed by atoms with Crippen LogP contribution in [0, 0.1) is 6.92 Å². The van der Waals surface area contributed by atoms with Crippen LogP contribution in [-0.4, -0.2) is 19.9 Å². The number of nitrogens with zero attached hydrogens (tertiary/aromatic N) is 4. The van der Waals surface area contributed by atoms with Crippen molar-refractivity contribution >= 4 is 5.82 Å². The highest BCUT2D eigenvalue weighted by molar-refractivity contribution is 5.70. The van der Waals surface area contributed by atoms with Crippen LogP contribution in [0.15, 0.2) is 48.9 Å². The van der Waals surface area contributed by atoms with Crippen LogP contribution in [0.4, 0.5) is 5.82 Å². The maximum atomic E-state index is 6.00. The van der Waals surface area contributed by atoms with E-state index in [1.807, 2.05) is 37.3 Å². The van der Waals surface area contributed by atoms with Crippen molar-refractivity contribution in [2.24, 2.45) is 0 Å². The van der Waals surface area contributed by atoms with Crippen molar-refractivity contribution in [3.05, 3.63) is 54.5 Å². The smallest absolute Gasteiger partial charge is 0.180 e. The Bertz CT molecular complexity index is 726. The molecule has 0 saturated carbocycles. The van der Waals surface area contributed by atoms with E-state index >= 15 is 0 Å². The molecule has 0 unspecified atom stereocenters. The first-order chi connectivity index (χ1) is 9.75. The summed E-state index contributed by atoms with van der Waals surface area (Å²) >= 11 is 0. The van der Waals surface area contributed by atoms with Gasteiger partial charge < -0.3 is 5.73 Å². The molecule has 0 aliphatic carbocycles. The zero-order valence-electron chi connectivity index (χ0n) is 11.0. The second-order valence-electron chi connectivity index (χ2n) is 4.37. The molecule has 0 aliphatic heterocycles. The molecule has 0 bridgehead atoms. The molecule has 3 rings (SSSR count). The zero-order valence-corrected chi connectivity index (χ0v) is 11.0. The molecule has 0 spiro atoms. The molecule has 5 heteroatoms. The molecule has 2 heterocycles. The van der Waals surface area contributed by atoms with Crippen LogP contribution in [0.2, 0.25) is 0 Å². The number of benzene rings is 1. The lowest BCUT2D eigenvalue weighted by molar-refractivity contribution is 1.10. The Labute approximate surface area is 116 Å². The molecule has 2 aromatic heterocycles. The van der Waals surface area contributed by atoms with E-state index in [9.17, 15) is 0 Å². The van der Waals surface area contributed by atoms with E-state index in [0.717, 1.165) is 16.8 Å². The van der Waals surface area contributed by atoms with Crippen LogP contribution >= 0.6 is 0 Å². The van der Waals surface area contributed by atoms with Gasteiger partial charge in [-0.2, -0.15) is 0 Å². The largest absolute Gasteiger partial charge is 0.383 e. The Morgan fingerprint density at radius 2 is 1.80 bits per heavy atom. The van der Waals surface area contributed by atoms with Crippen molar-refractivity contribution in [3.8, 4) is 22.8 Å². The summed E-state index contributed by atoms with van der Waals surface area (Å²) in [4.78, 5) is 17.0. The van der Waals surface area contributed by atoms with E-state index in [2.05, 4.69) is 19.9 Å². The summed E-state index contributed by atoms with van der Waals surface area (Å²) in [6.45, 7) is 1.92. The minimum atomic E-state index is 0.465. The topological polar surface area (TPSA) is 77.6 Å². The zero-order chi connectivity index (χ0) is 13.9. The van der Waals surface area contributed by atoms with Crippen LogP contribution in [0.1, 0.15) is 5.56 Å². The molecule has 0 amide bonds. The first-order valence-electron chi connectivity index (χ1n) is 6.21. The maximum Gasteiger partial charge on any atom is 0.180 e. The molecule has 3 aromatic rings. The summed E-state index contributed by atoms with van der Waals surface area (Å²) in [5.41, 5.74) is 9.36. The molecule has 0 atom stereocenters. The fraction of sp³-hybridized carbons (Fsp3) is 0.0667. The lowest BCUT2D eigenvalue weighted by Crippen LogP contribution is -2.03. The minimum Gasteiger partial charge on any atom is -0.383 e. The van der Waals surface area contributed by atoms with Crippen LogP contribution in [0.25, 0.3) is 22.8 Å². The lowest BCUT2D eigenvalue weighted by atomic mass is 10.1. The second-order valence-corrected chi connectivity index (χ2v) is 4.37.